The van der Waals surface area contributed by atoms with Crippen molar-refractivity contribution < 1.29 is 9.53 Å². The number of nitrogens with zero attached hydrogens (tertiary/aromatic N) is 1. The summed E-state index contributed by atoms with van der Waals surface area (Å²) in [6.07, 6.45) is 3.51. The van der Waals surface area contributed by atoms with Crippen LogP contribution in [0.3, 0.4) is 0 Å². The summed E-state index contributed by atoms with van der Waals surface area (Å²) in [4.78, 5) is 11.5. The Bertz CT molecular complexity index is 575. The van der Waals surface area contributed by atoms with Crippen LogP contribution in [0.2, 0.25) is 0 Å². The highest BCUT2D eigenvalue weighted by Crippen LogP contribution is 2.26. The molecule has 0 radical (unpaired) electrons. The number of amides is 1. The molecule has 1 amide bonds. The van der Waals surface area contributed by atoms with Crippen LogP contribution in [0.25, 0.3) is 10.9 Å². The van der Waals surface area contributed by atoms with Crippen LogP contribution in [0.1, 0.15) is 26.7 Å². The average Bonchev–Trinajstić information content (AvgIpc) is 2.87. The number of aromatic nitrogens is 1. The summed E-state index contributed by atoms with van der Waals surface area (Å²) < 4.78 is 7.85. The minimum absolute atomic E-state index is 0.0905. The molecule has 2 rings (SSSR count). The van der Waals surface area contributed by atoms with Gasteiger partial charge in [0.15, 0.2) is 0 Å². The predicted molar refractivity (Wildman–Crippen MR) is 81.0 cm³/mol. The van der Waals surface area contributed by atoms with Crippen molar-refractivity contribution in [2.45, 2.75) is 33.2 Å². The van der Waals surface area contributed by atoms with Crippen molar-refractivity contribution in [3.63, 3.8) is 0 Å². The molecule has 108 valence electrons. The summed E-state index contributed by atoms with van der Waals surface area (Å²) in [5.41, 5.74) is 1.11. The van der Waals surface area contributed by atoms with Gasteiger partial charge in [-0.2, -0.15) is 0 Å². The molecule has 0 saturated heterocycles. The fourth-order valence-corrected chi connectivity index (χ4v) is 2.24. The third-order valence-corrected chi connectivity index (χ3v) is 3.19. The quantitative estimate of drug-likeness (QED) is 0.843. The number of fused-ring (bicyclic) bond motifs is 1. The van der Waals surface area contributed by atoms with Crippen LogP contribution >= 0.6 is 0 Å². The first-order chi connectivity index (χ1) is 9.76. The number of ether oxygens (including phenoxy) is 1. The van der Waals surface area contributed by atoms with E-state index in [1.165, 1.54) is 0 Å². The summed E-state index contributed by atoms with van der Waals surface area (Å²) in [7, 11) is 0. The van der Waals surface area contributed by atoms with Gasteiger partial charge < -0.3 is 14.6 Å². The highest BCUT2D eigenvalue weighted by molar-refractivity contribution is 5.86. The summed E-state index contributed by atoms with van der Waals surface area (Å²) in [5.74, 6) is 1.01. The zero-order valence-electron chi connectivity index (χ0n) is 12.2. The van der Waals surface area contributed by atoms with Gasteiger partial charge >= 0.3 is 0 Å². The van der Waals surface area contributed by atoms with Crippen LogP contribution in [-0.4, -0.2) is 23.6 Å². The van der Waals surface area contributed by atoms with E-state index in [0.29, 0.717) is 19.5 Å². The van der Waals surface area contributed by atoms with Crippen LogP contribution in [0.4, 0.5) is 0 Å². The van der Waals surface area contributed by atoms with E-state index in [2.05, 4.69) is 28.9 Å². The molecule has 1 aromatic carbocycles. The molecule has 0 aliphatic carbocycles. The van der Waals surface area contributed by atoms with Crippen molar-refractivity contribution >= 4 is 16.8 Å². The summed E-state index contributed by atoms with van der Waals surface area (Å²) in [6.45, 7) is 6.12. The monoisotopic (exact) mass is 274 g/mol. The molecule has 4 heteroatoms. The van der Waals surface area contributed by atoms with E-state index in [1.54, 1.807) is 0 Å². The van der Waals surface area contributed by atoms with Crippen LogP contribution in [0.5, 0.6) is 5.75 Å². The van der Waals surface area contributed by atoms with E-state index in [4.69, 9.17) is 4.74 Å². The fourth-order valence-electron chi connectivity index (χ4n) is 2.24. The van der Waals surface area contributed by atoms with E-state index in [1.807, 2.05) is 25.3 Å². The van der Waals surface area contributed by atoms with E-state index in [0.717, 1.165) is 29.7 Å². The first kappa shape index (κ1) is 14.4. The van der Waals surface area contributed by atoms with Gasteiger partial charge in [-0.3, -0.25) is 4.79 Å². The Balaban J connectivity index is 2.13. The zero-order valence-corrected chi connectivity index (χ0v) is 12.2. The third kappa shape index (κ3) is 3.32. The molecule has 0 saturated carbocycles. The average molecular weight is 274 g/mol. The maximum absolute atomic E-state index is 11.5. The number of hydrogen-bond acceptors (Lipinski definition) is 2. The highest BCUT2D eigenvalue weighted by atomic mass is 16.5. The van der Waals surface area contributed by atoms with Crippen LogP contribution < -0.4 is 10.1 Å². The molecule has 20 heavy (non-hydrogen) atoms. The highest BCUT2D eigenvalue weighted by Gasteiger charge is 2.07. The van der Waals surface area contributed by atoms with Gasteiger partial charge in [-0.05, 0) is 31.5 Å². The standard InChI is InChI=1S/C16H22N2O2/c1-3-12-20-15-7-5-6-14-13(15)8-10-18(14)11-9-16(19)17-4-2/h5-8,10H,3-4,9,11-12H2,1-2H3,(H,17,19). The minimum atomic E-state index is 0.0905. The number of carbonyl (C=O) groups excluding carboxylic acids is 1. The predicted octanol–water partition coefficient (Wildman–Crippen LogP) is 2.96. The van der Waals surface area contributed by atoms with Gasteiger partial charge in [0.25, 0.3) is 0 Å². The zero-order chi connectivity index (χ0) is 14.4. The van der Waals surface area contributed by atoms with Gasteiger partial charge in [-0.25, -0.2) is 0 Å². The second-order valence-electron chi connectivity index (χ2n) is 4.75. The van der Waals surface area contributed by atoms with E-state index in [-0.39, 0.29) is 5.91 Å². The molecule has 0 fully saturated rings. The molecule has 1 aromatic heterocycles. The first-order valence-electron chi connectivity index (χ1n) is 7.23. The van der Waals surface area contributed by atoms with Crippen molar-refractivity contribution in [1.29, 1.82) is 0 Å². The van der Waals surface area contributed by atoms with Crippen molar-refractivity contribution in [3.8, 4) is 5.75 Å². The van der Waals surface area contributed by atoms with Gasteiger partial charge in [0, 0.05) is 31.1 Å². The van der Waals surface area contributed by atoms with Crippen LogP contribution in [0.15, 0.2) is 30.5 Å². The lowest BCUT2D eigenvalue weighted by Gasteiger charge is -2.08. The number of carbonyl (C=O) groups is 1. The molecule has 0 spiro atoms. The molecule has 0 atom stereocenters. The maximum atomic E-state index is 11.5. The van der Waals surface area contributed by atoms with E-state index in [9.17, 15) is 4.79 Å². The number of hydrogen-bond donors (Lipinski definition) is 1. The molecule has 0 bridgehead atoms. The van der Waals surface area contributed by atoms with Crippen molar-refractivity contribution in [3.05, 3.63) is 30.5 Å². The van der Waals surface area contributed by atoms with Gasteiger partial charge in [0.05, 0.1) is 12.1 Å². The first-order valence-corrected chi connectivity index (χ1v) is 7.23. The van der Waals surface area contributed by atoms with Gasteiger partial charge in [0.1, 0.15) is 5.75 Å². The Hall–Kier alpha value is -1.97. The molecule has 0 aliphatic rings. The Labute approximate surface area is 119 Å². The van der Waals surface area contributed by atoms with Crippen molar-refractivity contribution in [2.75, 3.05) is 13.2 Å². The fraction of sp³-hybridized carbons (Fsp3) is 0.438. The van der Waals surface area contributed by atoms with E-state index < -0.39 is 0 Å². The number of benzene rings is 1. The van der Waals surface area contributed by atoms with E-state index >= 15 is 0 Å². The van der Waals surface area contributed by atoms with Crippen molar-refractivity contribution in [1.82, 2.24) is 9.88 Å². The summed E-state index contributed by atoms with van der Waals surface area (Å²) in [5, 5.41) is 3.93. The van der Waals surface area contributed by atoms with Gasteiger partial charge in [-0.1, -0.05) is 13.0 Å². The lowest BCUT2D eigenvalue weighted by molar-refractivity contribution is -0.121. The Kier molecular flexibility index (Phi) is 5.04. The van der Waals surface area contributed by atoms with Gasteiger partial charge in [-0.15, -0.1) is 0 Å². The normalized spacial score (nSPS) is 10.7. The minimum Gasteiger partial charge on any atom is -0.493 e. The molecule has 1 N–H and O–H groups in total. The topological polar surface area (TPSA) is 43.3 Å². The Morgan fingerprint density at radius 1 is 1.30 bits per heavy atom. The molecule has 0 aliphatic heterocycles. The molecule has 1 heterocycles. The SMILES string of the molecule is CCCOc1cccc2c1ccn2CCC(=O)NCC. The van der Waals surface area contributed by atoms with Crippen molar-refractivity contribution in [2.24, 2.45) is 0 Å². The molecular formula is C16H22N2O2. The molecule has 4 nitrogen and oxygen atoms in total. The lowest BCUT2D eigenvalue weighted by atomic mass is 10.2. The lowest BCUT2D eigenvalue weighted by Crippen LogP contribution is -2.23. The summed E-state index contributed by atoms with van der Waals surface area (Å²) in [6, 6.07) is 8.10. The number of aryl methyl sites for hydroxylation is 1. The molecule has 0 unspecified atom stereocenters. The smallest absolute Gasteiger partial charge is 0.221 e. The second-order valence-corrected chi connectivity index (χ2v) is 4.75. The molecular weight excluding hydrogens is 252 g/mol. The maximum Gasteiger partial charge on any atom is 0.221 e. The van der Waals surface area contributed by atoms with Crippen LogP contribution in [0, 0.1) is 0 Å². The largest absolute Gasteiger partial charge is 0.493 e. The van der Waals surface area contributed by atoms with Gasteiger partial charge in [0.2, 0.25) is 5.91 Å². The summed E-state index contributed by atoms with van der Waals surface area (Å²) >= 11 is 0. The second kappa shape index (κ2) is 6.98. The van der Waals surface area contributed by atoms with Crippen LogP contribution in [-0.2, 0) is 11.3 Å². The Morgan fingerprint density at radius 2 is 2.15 bits per heavy atom. The third-order valence-electron chi connectivity index (χ3n) is 3.19. The number of nitrogens with one attached hydrogen (secondary N) is 1. The molecule has 2 aromatic rings. The Morgan fingerprint density at radius 3 is 2.90 bits per heavy atom. The number of rotatable bonds is 7.